The Kier molecular flexibility index (Phi) is 7.44. The molecule has 0 aromatic heterocycles. The molecule has 6 rings (SSSR count). The zero-order valence-electron chi connectivity index (χ0n) is 29.4. The van der Waals surface area contributed by atoms with Gasteiger partial charge in [0.15, 0.2) is 11.5 Å². The molecule has 46 heavy (non-hydrogen) atoms. The average molecular weight is 633 g/mol. The topological polar surface area (TPSA) is 109 Å². The SMILES string of the molecule is C=C1CC[C@@H]2[C@](C)(CCC[C@@]2(C)C(=O)O)[C@H]1C[C@@H]1C=C(C)C[C@]23C(=O)C(O)=C(C(C)C)C(=O)[C@]12[C@H](C=O)[C@H]1C(C)(C)CCC[C@@]13C. The lowest BCUT2D eigenvalue weighted by Crippen LogP contribution is -2.66. The van der Waals surface area contributed by atoms with E-state index in [0.717, 1.165) is 62.4 Å². The highest BCUT2D eigenvalue weighted by Crippen LogP contribution is 2.82. The molecule has 0 spiro atoms. The molecule has 6 aliphatic carbocycles. The Labute approximate surface area is 275 Å². The molecule has 4 fully saturated rings. The Morgan fingerprint density at radius 2 is 1.70 bits per heavy atom. The van der Waals surface area contributed by atoms with Crippen LogP contribution in [0.1, 0.15) is 120 Å². The summed E-state index contributed by atoms with van der Waals surface area (Å²) in [7, 11) is 0. The summed E-state index contributed by atoms with van der Waals surface area (Å²) in [4.78, 5) is 57.3. The molecule has 0 heterocycles. The molecule has 0 aliphatic heterocycles. The first-order valence-electron chi connectivity index (χ1n) is 17.9. The predicted octanol–water partition coefficient (Wildman–Crippen LogP) is 8.46. The highest BCUT2D eigenvalue weighted by molar-refractivity contribution is 6.19. The van der Waals surface area contributed by atoms with Crippen molar-refractivity contribution in [3.63, 3.8) is 0 Å². The number of carboxylic acids is 1. The zero-order valence-corrected chi connectivity index (χ0v) is 29.4. The van der Waals surface area contributed by atoms with E-state index in [-0.39, 0.29) is 51.6 Å². The molecular weight excluding hydrogens is 576 g/mol. The summed E-state index contributed by atoms with van der Waals surface area (Å²) < 4.78 is 0. The minimum atomic E-state index is -1.33. The number of carbonyl (C=O) groups excluding carboxylic acids is 3. The summed E-state index contributed by atoms with van der Waals surface area (Å²) in [5, 5.41) is 22.2. The fourth-order valence-corrected chi connectivity index (χ4v) is 13.9. The van der Waals surface area contributed by atoms with E-state index in [4.69, 9.17) is 0 Å². The summed E-state index contributed by atoms with van der Waals surface area (Å²) in [5.41, 5.74) is -2.41. The quantitative estimate of drug-likeness (QED) is 0.233. The van der Waals surface area contributed by atoms with Crippen LogP contribution in [0.5, 0.6) is 0 Å². The van der Waals surface area contributed by atoms with Gasteiger partial charge in [0.25, 0.3) is 0 Å². The van der Waals surface area contributed by atoms with Gasteiger partial charge in [0, 0.05) is 11.5 Å². The summed E-state index contributed by atoms with van der Waals surface area (Å²) >= 11 is 0. The van der Waals surface area contributed by atoms with Gasteiger partial charge in [-0.2, -0.15) is 0 Å². The van der Waals surface area contributed by atoms with E-state index in [1.54, 1.807) is 0 Å². The fraction of sp³-hybridized carbons (Fsp3) is 0.750. The maximum Gasteiger partial charge on any atom is 0.309 e. The standard InChI is InChI=1S/C40H56O6/c1-22(2)29-30(42)33(44)39-20-23(3)18-25(19-26-24(4)12-13-28-36(26,7)15-11-16-37(28,8)34(45)46)40(39,32(29)43)27(21-41)31-35(5,6)14-10-17-38(31,39)9/h18,21-22,25-28,31,42H,4,10-17,19-20H2,1-3,5-9H3,(H,45,46)/t25-,26-,27+,28+,31-,36+,37+,38-,39+,40+/m0/s1. The second kappa shape index (κ2) is 10.3. The Morgan fingerprint density at radius 3 is 2.30 bits per heavy atom. The van der Waals surface area contributed by atoms with Crippen LogP contribution in [-0.2, 0) is 19.2 Å². The van der Waals surface area contributed by atoms with Crippen LogP contribution in [0.3, 0.4) is 0 Å². The number of aldehydes is 1. The smallest absolute Gasteiger partial charge is 0.309 e. The maximum absolute atomic E-state index is 15.6. The number of carboxylic acid groups (broad SMARTS) is 1. The molecule has 0 bridgehead atoms. The highest BCUT2D eigenvalue weighted by Gasteiger charge is 2.84. The van der Waals surface area contributed by atoms with Crippen molar-refractivity contribution in [3.05, 3.63) is 35.1 Å². The van der Waals surface area contributed by atoms with Gasteiger partial charge in [-0.3, -0.25) is 14.4 Å². The molecule has 10 atom stereocenters. The average Bonchev–Trinajstić information content (AvgIpc) is 3.17. The first-order valence-corrected chi connectivity index (χ1v) is 17.9. The van der Waals surface area contributed by atoms with Gasteiger partial charge in [-0.25, -0.2) is 0 Å². The summed E-state index contributed by atoms with van der Waals surface area (Å²) in [5.74, 6) is -3.49. The van der Waals surface area contributed by atoms with Gasteiger partial charge in [0.05, 0.1) is 16.2 Å². The lowest BCUT2D eigenvalue weighted by molar-refractivity contribution is -0.171. The van der Waals surface area contributed by atoms with Gasteiger partial charge in [-0.1, -0.05) is 78.2 Å². The van der Waals surface area contributed by atoms with E-state index in [1.165, 1.54) is 0 Å². The van der Waals surface area contributed by atoms with Crippen LogP contribution in [0.2, 0.25) is 0 Å². The second-order valence-corrected chi connectivity index (χ2v) is 18.2. The van der Waals surface area contributed by atoms with Crippen molar-refractivity contribution in [1.29, 1.82) is 0 Å². The molecule has 252 valence electrons. The van der Waals surface area contributed by atoms with Gasteiger partial charge >= 0.3 is 5.97 Å². The maximum atomic E-state index is 15.6. The number of carbonyl (C=O) groups is 4. The minimum Gasteiger partial charge on any atom is -0.504 e. The third-order valence-corrected chi connectivity index (χ3v) is 15.4. The third kappa shape index (κ3) is 3.71. The number of aliphatic hydroxyl groups is 1. The molecule has 6 aliphatic rings. The Morgan fingerprint density at radius 1 is 1.04 bits per heavy atom. The molecule has 0 aromatic rings. The van der Waals surface area contributed by atoms with Crippen molar-refractivity contribution in [1.82, 2.24) is 0 Å². The highest BCUT2D eigenvalue weighted by atomic mass is 16.4. The second-order valence-electron chi connectivity index (χ2n) is 18.2. The minimum absolute atomic E-state index is 0.0407. The number of aliphatic hydroxyl groups excluding tert-OH is 1. The van der Waals surface area contributed by atoms with E-state index >= 15 is 9.59 Å². The van der Waals surface area contributed by atoms with Gasteiger partial charge < -0.3 is 15.0 Å². The summed E-state index contributed by atoms with van der Waals surface area (Å²) in [6.07, 6.45) is 10.5. The Hall–Kier alpha value is -2.50. The van der Waals surface area contributed by atoms with E-state index < -0.39 is 45.2 Å². The molecule has 0 unspecified atom stereocenters. The van der Waals surface area contributed by atoms with Crippen molar-refractivity contribution in [3.8, 4) is 0 Å². The zero-order chi connectivity index (χ0) is 34.0. The lowest BCUT2D eigenvalue weighted by atomic mass is 9.38. The molecule has 2 N–H and O–H groups in total. The summed E-state index contributed by atoms with van der Waals surface area (Å²) in [6, 6.07) is 0. The number of fused-ring (bicyclic) bond motifs is 2. The number of allylic oxidation sites excluding steroid dienone is 5. The fourth-order valence-electron chi connectivity index (χ4n) is 13.9. The molecule has 0 aromatic carbocycles. The van der Waals surface area contributed by atoms with Crippen molar-refractivity contribution in [2.75, 3.05) is 0 Å². The van der Waals surface area contributed by atoms with E-state index in [2.05, 4.69) is 40.3 Å². The van der Waals surface area contributed by atoms with Gasteiger partial charge in [0.2, 0.25) is 5.78 Å². The molecule has 4 saturated carbocycles. The Bertz CT molecular complexity index is 1480. The van der Waals surface area contributed by atoms with Crippen molar-refractivity contribution in [2.24, 2.45) is 68.0 Å². The number of hydrogen-bond donors (Lipinski definition) is 2. The van der Waals surface area contributed by atoms with Crippen LogP contribution in [0, 0.1) is 68.0 Å². The molecular formula is C40H56O6. The molecule has 0 amide bonds. The molecule has 6 nitrogen and oxygen atoms in total. The normalized spacial score (nSPS) is 46.7. The molecule has 6 heteroatoms. The van der Waals surface area contributed by atoms with Crippen LogP contribution >= 0.6 is 0 Å². The largest absolute Gasteiger partial charge is 0.504 e. The van der Waals surface area contributed by atoms with Gasteiger partial charge in [-0.15, -0.1) is 0 Å². The van der Waals surface area contributed by atoms with Crippen LogP contribution in [0.25, 0.3) is 0 Å². The van der Waals surface area contributed by atoms with Crippen molar-refractivity contribution in [2.45, 2.75) is 120 Å². The van der Waals surface area contributed by atoms with Crippen molar-refractivity contribution < 1.29 is 29.4 Å². The third-order valence-electron chi connectivity index (χ3n) is 15.4. The lowest BCUT2D eigenvalue weighted by Gasteiger charge is -2.62. The van der Waals surface area contributed by atoms with Gasteiger partial charge in [0.1, 0.15) is 6.29 Å². The van der Waals surface area contributed by atoms with E-state index in [9.17, 15) is 19.8 Å². The number of aliphatic carboxylic acids is 1. The van der Waals surface area contributed by atoms with Crippen LogP contribution in [0.15, 0.2) is 35.1 Å². The number of ketones is 2. The van der Waals surface area contributed by atoms with Crippen LogP contribution in [0.4, 0.5) is 0 Å². The number of Topliss-reactive ketones (excluding diaryl/α,β-unsaturated/α-hetero) is 2. The van der Waals surface area contributed by atoms with E-state index in [0.29, 0.717) is 19.3 Å². The van der Waals surface area contributed by atoms with Crippen LogP contribution in [-0.4, -0.2) is 34.0 Å². The molecule has 0 saturated heterocycles. The van der Waals surface area contributed by atoms with E-state index in [1.807, 2.05) is 27.7 Å². The van der Waals surface area contributed by atoms with Crippen molar-refractivity contribution >= 4 is 23.8 Å². The Balaban J connectivity index is 1.62. The predicted molar refractivity (Wildman–Crippen MR) is 178 cm³/mol. The molecule has 0 radical (unpaired) electrons. The number of hydrogen-bond acceptors (Lipinski definition) is 5. The summed E-state index contributed by atoms with van der Waals surface area (Å²) in [6.45, 7) is 21.1. The first kappa shape index (κ1) is 33.4. The van der Waals surface area contributed by atoms with Crippen LogP contribution < -0.4 is 0 Å². The first-order chi connectivity index (χ1) is 21.3. The number of rotatable bonds is 5. The monoisotopic (exact) mass is 632 g/mol. The van der Waals surface area contributed by atoms with Gasteiger partial charge in [-0.05, 0) is 111 Å².